The second-order valence-corrected chi connectivity index (χ2v) is 8.80. The van der Waals surface area contributed by atoms with E-state index in [1.54, 1.807) is 24.1 Å². The van der Waals surface area contributed by atoms with Gasteiger partial charge in [-0.25, -0.2) is 13.1 Å². The number of hydrogen-bond donors (Lipinski definition) is 1. The maximum atomic E-state index is 12.2. The number of nitrogens with zero attached hydrogens (tertiary/aromatic N) is 1. The van der Waals surface area contributed by atoms with E-state index in [1.807, 2.05) is 31.2 Å². The maximum absolute atomic E-state index is 12.2. The minimum Gasteiger partial charge on any atom is -0.496 e. The highest BCUT2D eigenvalue weighted by molar-refractivity contribution is 7.91. The SMILES string of the molecule is COc1ccccc1CN(CCNS(=O)(=O)c1ccc(C)s1)C(C)=O. The second kappa shape index (κ2) is 8.46. The normalized spacial score (nSPS) is 11.3. The zero-order valence-electron chi connectivity index (χ0n) is 14.5. The Morgan fingerprint density at radius 3 is 2.56 bits per heavy atom. The van der Waals surface area contributed by atoms with Crippen LogP contribution in [0.25, 0.3) is 0 Å². The van der Waals surface area contributed by atoms with Gasteiger partial charge in [-0.2, -0.15) is 0 Å². The van der Waals surface area contributed by atoms with E-state index < -0.39 is 10.0 Å². The molecule has 25 heavy (non-hydrogen) atoms. The molecular weight excluding hydrogens is 360 g/mol. The molecule has 1 aromatic heterocycles. The van der Waals surface area contributed by atoms with Gasteiger partial charge in [-0.15, -0.1) is 11.3 Å². The summed E-state index contributed by atoms with van der Waals surface area (Å²) in [5, 5.41) is 0. The van der Waals surface area contributed by atoms with Gasteiger partial charge < -0.3 is 9.64 Å². The highest BCUT2D eigenvalue weighted by atomic mass is 32.2. The maximum Gasteiger partial charge on any atom is 0.250 e. The molecular formula is C17H22N2O4S2. The Labute approximate surface area is 152 Å². The number of carbonyl (C=O) groups is 1. The van der Waals surface area contributed by atoms with Crippen LogP contribution in [-0.4, -0.2) is 39.4 Å². The average Bonchev–Trinajstić information content (AvgIpc) is 3.01. The van der Waals surface area contributed by atoms with Crippen LogP contribution in [0.5, 0.6) is 5.75 Å². The second-order valence-electron chi connectivity index (χ2n) is 5.52. The third-order valence-electron chi connectivity index (χ3n) is 3.65. The summed E-state index contributed by atoms with van der Waals surface area (Å²) in [6.07, 6.45) is 0. The first kappa shape index (κ1) is 19.4. The van der Waals surface area contributed by atoms with Crippen molar-refractivity contribution in [2.24, 2.45) is 0 Å². The zero-order valence-corrected chi connectivity index (χ0v) is 16.1. The van der Waals surface area contributed by atoms with Crippen LogP contribution in [0.2, 0.25) is 0 Å². The Kier molecular flexibility index (Phi) is 6.57. The highest BCUT2D eigenvalue weighted by Crippen LogP contribution is 2.21. The van der Waals surface area contributed by atoms with Crippen molar-refractivity contribution in [3.8, 4) is 5.75 Å². The summed E-state index contributed by atoms with van der Waals surface area (Å²) < 4.78 is 32.6. The number of amides is 1. The Morgan fingerprint density at radius 2 is 1.96 bits per heavy atom. The van der Waals surface area contributed by atoms with Gasteiger partial charge >= 0.3 is 0 Å². The molecule has 0 saturated heterocycles. The number of nitrogens with one attached hydrogen (secondary N) is 1. The summed E-state index contributed by atoms with van der Waals surface area (Å²) in [6, 6.07) is 10.8. The molecule has 0 radical (unpaired) electrons. The summed E-state index contributed by atoms with van der Waals surface area (Å²) in [5.74, 6) is 0.570. The van der Waals surface area contributed by atoms with Gasteiger partial charge in [-0.3, -0.25) is 4.79 Å². The van der Waals surface area contributed by atoms with Gasteiger partial charge in [-0.05, 0) is 25.1 Å². The Balaban J connectivity index is 1.99. The average molecular weight is 383 g/mol. The van der Waals surface area contributed by atoms with Gasteiger partial charge in [0.15, 0.2) is 0 Å². The number of sulfonamides is 1. The molecule has 0 aliphatic heterocycles. The van der Waals surface area contributed by atoms with Crippen molar-refractivity contribution in [3.05, 3.63) is 46.8 Å². The quantitative estimate of drug-likeness (QED) is 0.761. The third kappa shape index (κ3) is 5.29. The summed E-state index contributed by atoms with van der Waals surface area (Å²) in [6.45, 7) is 4.10. The van der Waals surface area contributed by atoms with E-state index >= 15 is 0 Å². The van der Waals surface area contributed by atoms with Crippen LogP contribution in [0.15, 0.2) is 40.6 Å². The van der Waals surface area contributed by atoms with Crippen LogP contribution < -0.4 is 9.46 Å². The Bertz CT molecular complexity index is 831. The van der Waals surface area contributed by atoms with E-state index in [-0.39, 0.29) is 23.2 Å². The number of ether oxygens (including phenoxy) is 1. The lowest BCUT2D eigenvalue weighted by Crippen LogP contribution is -2.37. The largest absolute Gasteiger partial charge is 0.496 e. The summed E-state index contributed by atoms with van der Waals surface area (Å²) in [4.78, 5) is 14.4. The highest BCUT2D eigenvalue weighted by Gasteiger charge is 2.17. The molecule has 1 N–H and O–H groups in total. The van der Waals surface area contributed by atoms with E-state index in [1.165, 1.54) is 18.3 Å². The van der Waals surface area contributed by atoms with Crippen LogP contribution in [0, 0.1) is 6.92 Å². The molecule has 136 valence electrons. The van der Waals surface area contributed by atoms with E-state index in [0.29, 0.717) is 12.3 Å². The number of aryl methyl sites for hydroxylation is 1. The number of benzene rings is 1. The van der Waals surface area contributed by atoms with Gasteiger partial charge in [0.2, 0.25) is 15.9 Å². The molecule has 0 spiro atoms. The van der Waals surface area contributed by atoms with Crippen molar-refractivity contribution in [1.82, 2.24) is 9.62 Å². The molecule has 0 atom stereocenters. The summed E-state index contributed by atoms with van der Waals surface area (Å²) >= 11 is 1.22. The van der Waals surface area contributed by atoms with E-state index in [2.05, 4.69) is 4.72 Å². The number of carbonyl (C=O) groups excluding carboxylic acids is 1. The molecule has 2 aromatic rings. The molecule has 0 unspecified atom stereocenters. The van der Waals surface area contributed by atoms with Crippen LogP contribution in [0.1, 0.15) is 17.4 Å². The number of methoxy groups -OCH3 is 1. The van der Waals surface area contributed by atoms with Crippen LogP contribution in [0.3, 0.4) is 0 Å². The molecule has 0 saturated carbocycles. The van der Waals surface area contributed by atoms with Crippen molar-refractivity contribution >= 4 is 27.3 Å². The van der Waals surface area contributed by atoms with Gasteiger partial charge in [0.1, 0.15) is 9.96 Å². The minimum atomic E-state index is -3.54. The summed E-state index contributed by atoms with van der Waals surface area (Å²) in [7, 11) is -1.96. The van der Waals surface area contributed by atoms with Gasteiger partial charge in [-0.1, -0.05) is 18.2 Å². The molecule has 2 rings (SSSR count). The van der Waals surface area contributed by atoms with Crippen molar-refractivity contribution in [1.29, 1.82) is 0 Å². The standard InChI is InChI=1S/C17H22N2O4S2/c1-13-8-9-17(24-13)25(21,22)18-10-11-19(14(2)20)12-15-6-4-5-7-16(15)23-3/h4-9,18H,10-12H2,1-3H3. The Morgan fingerprint density at radius 1 is 1.24 bits per heavy atom. The summed E-state index contributed by atoms with van der Waals surface area (Å²) in [5.41, 5.74) is 0.872. The lowest BCUT2D eigenvalue weighted by molar-refractivity contribution is -0.129. The van der Waals surface area contributed by atoms with E-state index in [4.69, 9.17) is 4.74 Å². The zero-order chi connectivity index (χ0) is 18.4. The first-order valence-electron chi connectivity index (χ1n) is 7.77. The number of thiophene rings is 1. The number of para-hydroxylation sites is 1. The van der Waals surface area contributed by atoms with Gasteiger partial charge in [0, 0.05) is 37.0 Å². The molecule has 6 nitrogen and oxygen atoms in total. The molecule has 1 amide bonds. The predicted octanol–water partition coefficient (Wildman–Crippen LogP) is 2.39. The van der Waals surface area contributed by atoms with Gasteiger partial charge in [0.05, 0.1) is 7.11 Å². The van der Waals surface area contributed by atoms with Crippen molar-refractivity contribution in [3.63, 3.8) is 0 Å². The molecule has 8 heteroatoms. The van der Waals surface area contributed by atoms with E-state index in [9.17, 15) is 13.2 Å². The first-order valence-corrected chi connectivity index (χ1v) is 10.1. The van der Waals surface area contributed by atoms with Crippen LogP contribution in [-0.2, 0) is 21.4 Å². The lowest BCUT2D eigenvalue weighted by atomic mass is 10.2. The first-order chi connectivity index (χ1) is 11.8. The topological polar surface area (TPSA) is 75.7 Å². The minimum absolute atomic E-state index is 0.128. The van der Waals surface area contributed by atoms with Crippen LogP contribution >= 0.6 is 11.3 Å². The third-order valence-corrected chi connectivity index (χ3v) is 6.61. The van der Waals surface area contributed by atoms with Gasteiger partial charge in [0.25, 0.3) is 0 Å². The predicted molar refractivity (Wildman–Crippen MR) is 98.3 cm³/mol. The monoisotopic (exact) mass is 382 g/mol. The van der Waals surface area contributed by atoms with Crippen molar-refractivity contribution < 1.29 is 17.9 Å². The van der Waals surface area contributed by atoms with Crippen molar-refractivity contribution in [2.45, 2.75) is 24.6 Å². The Hall–Kier alpha value is -1.90. The van der Waals surface area contributed by atoms with E-state index in [0.717, 1.165) is 10.4 Å². The van der Waals surface area contributed by atoms with Crippen LogP contribution in [0.4, 0.5) is 0 Å². The molecule has 0 aliphatic carbocycles. The van der Waals surface area contributed by atoms with Crippen molar-refractivity contribution in [2.75, 3.05) is 20.2 Å². The molecule has 0 aliphatic rings. The molecule has 0 fully saturated rings. The fraction of sp³-hybridized carbons (Fsp3) is 0.353. The molecule has 1 heterocycles. The molecule has 0 bridgehead atoms. The smallest absolute Gasteiger partial charge is 0.250 e. The fourth-order valence-electron chi connectivity index (χ4n) is 2.33. The number of hydrogen-bond acceptors (Lipinski definition) is 5. The molecule has 1 aromatic carbocycles. The fourth-order valence-corrected chi connectivity index (χ4v) is 4.68. The lowest BCUT2D eigenvalue weighted by Gasteiger charge is -2.22. The number of rotatable bonds is 8.